The number of hydrogen-bond donors (Lipinski definition) is 4. The first-order chi connectivity index (χ1) is 19.8. The van der Waals surface area contributed by atoms with Gasteiger partial charge in [-0.1, -0.05) is 36.4 Å². The highest BCUT2D eigenvalue weighted by Crippen LogP contribution is 2.32. The summed E-state index contributed by atoms with van der Waals surface area (Å²) < 4.78 is 70.5. The number of piperidine rings is 1. The van der Waals surface area contributed by atoms with Crippen LogP contribution in [0.2, 0.25) is 0 Å². The first-order valence-electron chi connectivity index (χ1n) is 12.7. The zero-order valence-corrected chi connectivity index (χ0v) is 22.0. The molecular weight excluding hydrogens is 568 g/mol. The molecule has 0 unspecified atom stereocenters. The van der Waals surface area contributed by atoms with E-state index in [0.717, 1.165) is 38.1 Å². The number of alkyl halides is 6. The average molecular weight is 596 g/mol. The minimum absolute atomic E-state index is 0.204. The summed E-state index contributed by atoms with van der Waals surface area (Å²) >= 11 is 0. The number of carboxylic acids is 1. The van der Waals surface area contributed by atoms with Gasteiger partial charge in [-0.25, -0.2) is 4.79 Å². The number of carbonyl (C=O) groups excluding carboxylic acids is 2. The van der Waals surface area contributed by atoms with Crippen LogP contribution in [0.4, 0.5) is 32.0 Å². The summed E-state index contributed by atoms with van der Waals surface area (Å²) in [7, 11) is 0. The summed E-state index contributed by atoms with van der Waals surface area (Å²) in [5.74, 6) is -2.94. The van der Waals surface area contributed by atoms with Gasteiger partial charge in [-0.2, -0.15) is 26.3 Å². The third-order valence-corrected chi connectivity index (χ3v) is 6.33. The van der Waals surface area contributed by atoms with Crippen LogP contribution in [0, 0.1) is 5.92 Å². The standard InChI is InChI=1S/C27H26F3N3O2.C2HF3O2/c28-27(29,30)21-10-8-19(9-11-21)23-6-1-2-7-24(23)26(35)33-22-5-3-4-20(16-22)25(34)32-17-18-12-14-31-15-13-18;3-2(4,5)1(6)7/h1-11,16,18,31H,12-15,17H2,(H,32,34)(H,33,35);(H,6,7). The molecule has 224 valence electrons. The van der Waals surface area contributed by atoms with Gasteiger partial charge in [0.05, 0.1) is 5.56 Å². The Morgan fingerprint density at radius 3 is 2.05 bits per heavy atom. The highest BCUT2D eigenvalue weighted by atomic mass is 19.4. The second kappa shape index (κ2) is 14.0. The third-order valence-electron chi connectivity index (χ3n) is 6.33. The van der Waals surface area contributed by atoms with Crippen LogP contribution in [0.5, 0.6) is 0 Å². The molecule has 4 rings (SSSR count). The average Bonchev–Trinajstić information content (AvgIpc) is 2.96. The van der Waals surface area contributed by atoms with E-state index in [-0.39, 0.29) is 5.91 Å². The van der Waals surface area contributed by atoms with E-state index in [1.54, 1.807) is 48.5 Å². The molecule has 0 spiro atoms. The number of rotatable bonds is 6. The quantitative estimate of drug-likeness (QED) is 0.262. The van der Waals surface area contributed by atoms with Crippen molar-refractivity contribution in [3.05, 3.63) is 89.5 Å². The zero-order chi connectivity index (χ0) is 30.9. The molecule has 2 amide bonds. The van der Waals surface area contributed by atoms with E-state index in [1.165, 1.54) is 12.1 Å². The van der Waals surface area contributed by atoms with Gasteiger partial charge < -0.3 is 21.1 Å². The topological polar surface area (TPSA) is 108 Å². The Hall–Kier alpha value is -4.39. The summed E-state index contributed by atoms with van der Waals surface area (Å²) in [6, 6.07) is 18.1. The molecule has 13 heteroatoms. The van der Waals surface area contributed by atoms with Crippen LogP contribution in [0.1, 0.15) is 39.1 Å². The molecule has 7 nitrogen and oxygen atoms in total. The predicted octanol–water partition coefficient (Wildman–Crippen LogP) is 5.99. The summed E-state index contributed by atoms with van der Waals surface area (Å²) in [5, 5.41) is 16.2. The predicted molar refractivity (Wildman–Crippen MR) is 143 cm³/mol. The first-order valence-corrected chi connectivity index (χ1v) is 12.7. The lowest BCUT2D eigenvalue weighted by molar-refractivity contribution is -0.192. The molecule has 0 aromatic heterocycles. The molecule has 0 radical (unpaired) electrons. The third kappa shape index (κ3) is 9.33. The van der Waals surface area contributed by atoms with E-state index < -0.39 is 29.8 Å². The Kier molecular flexibility index (Phi) is 10.7. The van der Waals surface area contributed by atoms with Crippen LogP contribution in [-0.4, -0.2) is 48.7 Å². The van der Waals surface area contributed by atoms with Crippen molar-refractivity contribution >= 4 is 23.5 Å². The van der Waals surface area contributed by atoms with Crippen molar-refractivity contribution in [2.75, 3.05) is 25.0 Å². The molecule has 0 saturated carbocycles. The van der Waals surface area contributed by atoms with Gasteiger partial charge in [0.1, 0.15) is 0 Å². The summed E-state index contributed by atoms with van der Waals surface area (Å²) in [6.07, 6.45) is -7.47. The van der Waals surface area contributed by atoms with E-state index in [9.17, 15) is 35.9 Å². The molecule has 1 saturated heterocycles. The van der Waals surface area contributed by atoms with Gasteiger partial charge >= 0.3 is 18.3 Å². The molecule has 1 heterocycles. The van der Waals surface area contributed by atoms with Gasteiger partial charge in [0.2, 0.25) is 0 Å². The van der Waals surface area contributed by atoms with Crippen molar-refractivity contribution in [3.63, 3.8) is 0 Å². The van der Waals surface area contributed by atoms with Gasteiger partial charge in [-0.15, -0.1) is 0 Å². The number of carboxylic acid groups (broad SMARTS) is 1. The maximum atomic E-state index is 13.1. The van der Waals surface area contributed by atoms with Crippen molar-refractivity contribution in [2.45, 2.75) is 25.2 Å². The van der Waals surface area contributed by atoms with Crippen molar-refractivity contribution in [1.29, 1.82) is 0 Å². The van der Waals surface area contributed by atoms with Crippen LogP contribution < -0.4 is 16.0 Å². The van der Waals surface area contributed by atoms with Crippen molar-refractivity contribution in [3.8, 4) is 11.1 Å². The molecule has 3 aromatic rings. The zero-order valence-electron chi connectivity index (χ0n) is 22.0. The molecule has 0 bridgehead atoms. The molecule has 42 heavy (non-hydrogen) atoms. The highest BCUT2D eigenvalue weighted by Gasteiger charge is 2.38. The molecule has 0 atom stereocenters. The van der Waals surface area contributed by atoms with Crippen molar-refractivity contribution in [2.24, 2.45) is 5.92 Å². The lowest BCUT2D eigenvalue weighted by atomic mass is 9.98. The number of halogens is 6. The summed E-state index contributed by atoms with van der Waals surface area (Å²) in [6.45, 7) is 2.52. The normalized spacial score (nSPS) is 13.9. The minimum Gasteiger partial charge on any atom is -0.475 e. The van der Waals surface area contributed by atoms with Crippen LogP contribution in [0.15, 0.2) is 72.8 Å². The Morgan fingerprint density at radius 2 is 1.45 bits per heavy atom. The van der Waals surface area contributed by atoms with Gasteiger partial charge in [0, 0.05) is 23.4 Å². The van der Waals surface area contributed by atoms with E-state index in [1.807, 2.05) is 0 Å². The van der Waals surface area contributed by atoms with Gasteiger partial charge in [0.25, 0.3) is 11.8 Å². The monoisotopic (exact) mass is 595 g/mol. The molecule has 0 aliphatic carbocycles. The number of carbonyl (C=O) groups is 3. The number of anilines is 1. The molecule has 3 aromatic carbocycles. The fourth-order valence-corrected chi connectivity index (χ4v) is 4.13. The molecule has 1 aliphatic rings. The number of amides is 2. The van der Waals surface area contributed by atoms with E-state index >= 15 is 0 Å². The lowest BCUT2D eigenvalue weighted by Crippen LogP contribution is -2.36. The molecule has 1 fully saturated rings. The molecular formula is C29H27F6N3O4. The Morgan fingerprint density at radius 1 is 0.833 bits per heavy atom. The summed E-state index contributed by atoms with van der Waals surface area (Å²) in [4.78, 5) is 34.6. The van der Waals surface area contributed by atoms with Gasteiger partial charge in [-0.05, 0) is 79.4 Å². The van der Waals surface area contributed by atoms with Gasteiger partial charge in [-0.3, -0.25) is 9.59 Å². The number of aliphatic carboxylic acids is 1. The fourth-order valence-electron chi connectivity index (χ4n) is 4.13. The van der Waals surface area contributed by atoms with Crippen LogP contribution in [-0.2, 0) is 11.0 Å². The second-order valence-electron chi connectivity index (χ2n) is 9.36. The second-order valence-corrected chi connectivity index (χ2v) is 9.36. The van der Waals surface area contributed by atoms with Gasteiger partial charge in [0.15, 0.2) is 0 Å². The van der Waals surface area contributed by atoms with E-state index in [2.05, 4.69) is 16.0 Å². The number of hydrogen-bond acceptors (Lipinski definition) is 4. The Labute approximate surface area is 236 Å². The van der Waals surface area contributed by atoms with Crippen molar-refractivity contribution in [1.82, 2.24) is 10.6 Å². The van der Waals surface area contributed by atoms with E-state index in [0.29, 0.717) is 40.4 Å². The maximum Gasteiger partial charge on any atom is 0.490 e. The smallest absolute Gasteiger partial charge is 0.475 e. The van der Waals surface area contributed by atoms with Crippen LogP contribution >= 0.6 is 0 Å². The van der Waals surface area contributed by atoms with Crippen LogP contribution in [0.3, 0.4) is 0 Å². The van der Waals surface area contributed by atoms with Crippen LogP contribution in [0.25, 0.3) is 11.1 Å². The maximum absolute atomic E-state index is 13.1. The first kappa shape index (κ1) is 32.1. The Balaban J connectivity index is 0.000000616. The molecule has 1 aliphatic heterocycles. The van der Waals surface area contributed by atoms with E-state index in [4.69, 9.17) is 9.90 Å². The lowest BCUT2D eigenvalue weighted by Gasteiger charge is -2.22. The minimum atomic E-state index is -5.08. The molecule has 4 N–H and O–H groups in total. The Bertz CT molecular complexity index is 1390. The largest absolute Gasteiger partial charge is 0.490 e. The number of nitrogens with one attached hydrogen (secondary N) is 3. The van der Waals surface area contributed by atoms with Crippen molar-refractivity contribution < 1.29 is 45.8 Å². The highest BCUT2D eigenvalue weighted by molar-refractivity contribution is 6.09. The number of benzene rings is 3. The fraction of sp³-hybridized carbons (Fsp3) is 0.276. The summed E-state index contributed by atoms with van der Waals surface area (Å²) in [5.41, 5.74) is 1.45. The SMILES string of the molecule is O=C(NCC1CCNCC1)c1cccc(NC(=O)c2ccccc2-c2ccc(C(F)(F)F)cc2)c1.O=C(O)C(F)(F)F.